The van der Waals surface area contributed by atoms with Crippen LogP contribution in [0.1, 0.15) is 48.7 Å². The number of carbonyl (C=O) groups excluding carboxylic acids is 1. The smallest absolute Gasteiger partial charge is 0.362 e. The van der Waals surface area contributed by atoms with E-state index in [0.29, 0.717) is 5.56 Å². The fourth-order valence-electron chi connectivity index (χ4n) is 2.92. The third-order valence-electron chi connectivity index (χ3n) is 4.64. The van der Waals surface area contributed by atoms with Crippen molar-refractivity contribution in [1.29, 1.82) is 0 Å². The molecule has 0 saturated carbocycles. The summed E-state index contributed by atoms with van der Waals surface area (Å²) < 4.78 is 41.0. The van der Waals surface area contributed by atoms with Gasteiger partial charge in [-0.1, -0.05) is 32.9 Å². The highest BCUT2D eigenvalue weighted by molar-refractivity contribution is 6.05. The Morgan fingerprint density at radius 3 is 2.14 bits per heavy atom. The van der Waals surface area contributed by atoms with Crippen LogP contribution in [0.4, 0.5) is 13.2 Å². The third-order valence-corrected chi connectivity index (χ3v) is 4.64. The number of nitrogens with zero attached hydrogens (tertiary/aromatic N) is 3. The van der Waals surface area contributed by atoms with Gasteiger partial charge >= 0.3 is 6.18 Å². The van der Waals surface area contributed by atoms with Gasteiger partial charge in [0.05, 0.1) is 12.1 Å². The zero-order valence-electron chi connectivity index (χ0n) is 15.7. The average molecular weight is 391 g/mol. The number of aliphatic hydroxyl groups is 1. The molecular formula is C20H20F3N3O2. The minimum absolute atomic E-state index is 0.00963. The topological polar surface area (TPSA) is 65.8 Å². The number of carbonyl (C=O) groups is 1. The summed E-state index contributed by atoms with van der Waals surface area (Å²) in [5, 5.41) is 14.3. The average Bonchev–Trinajstić information content (AvgIpc) is 3.00. The van der Waals surface area contributed by atoms with Crippen molar-refractivity contribution in [2.75, 3.05) is 0 Å². The number of pyridine rings is 1. The molecule has 2 heterocycles. The number of amides is 1. The predicted molar refractivity (Wildman–Crippen MR) is 97.7 cm³/mol. The Hall–Kier alpha value is -2.74. The van der Waals surface area contributed by atoms with Crippen molar-refractivity contribution in [3.05, 3.63) is 65.5 Å². The van der Waals surface area contributed by atoms with E-state index in [1.165, 1.54) is 36.7 Å². The minimum Gasteiger partial charge on any atom is -0.362 e. The van der Waals surface area contributed by atoms with Crippen LogP contribution >= 0.6 is 0 Å². The summed E-state index contributed by atoms with van der Waals surface area (Å²) in [6.45, 7) is 5.95. The second-order valence-corrected chi connectivity index (χ2v) is 7.72. The van der Waals surface area contributed by atoms with Gasteiger partial charge in [0.1, 0.15) is 0 Å². The van der Waals surface area contributed by atoms with Crippen LogP contribution in [-0.4, -0.2) is 38.6 Å². The molecule has 0 unspecified atom stereocenters. The van der Waals surface area contributed by atoms with Gasteiger partial charge in [0.25, 0.3) is 11.6 Å². The van der Waals surface area contributed by atoms with Crippen molar-refractivity contribution in [2.45, 2.75) is 44.5 Å². The SMILES string of the molecule is CC(C)(C)c1ccc(C(=O)N2N=C(c3ccncc3)C[C@@]2(O)C(F)(F)F)cc1. The van der Waals surface area contributed by atoms with Crippen LogP contribution < -0.4 is 0 Å². The maximum absolute atomic E-state index is 13.7. The van der Waals surface area contributed by atoms with E-state index in [4.69, 9.17) is 0 Å². The Kier molecular flexibility index (Phi) is 4.79. The van der Waals surface area contributed by atoms with Gasteiger partial charge in [0.2, 0.25) is 0 Å². The van der Waals surface area contributed by atoms with Gasteiger partial charge in [-0.2, -0.15) is 23.3 Å². The van der Waals surface area contributed by atoms with Gasteiger partial charge < -0.3 is 5.11 Å². The molecule has 0 bridgehead atoms. The van der Waals surface area contributed by atoms with Gasteiger partial charge in [0.15, 0.2) is 0 Å². The Bertz CT molecular complexity index is 903. The lowest BCUT2D eigenvalue weighted by atomic mass is 9.86. The van der Waals surface area contributed by atoms with Gasteiger partial charge in [-0.15, -0.1) is 0 Å². The van der Waals surface area contributed by atoms with Gasteiger partial charge in [0, 0.05) is 23.5 Å². The van der Waals surface area contributed by atoms with E-state index in [1.54, 1.807) is 12.1 Å². The van der Waals surface area contributed by atoms with E-state index in [9.17, 15) is 23.1 Å². The van der Waals surface area contributed by atoms with Crippen LogP contribution in [0.25, 0.3) is 0 Å². The molecule has 1 atom stereocenters. The summed E-state index contributed by atoms with van der Waals surface area (Å²) in [5.41, 5.74) is -2.33. The first-order valence-electron chi connectivity index (χ1n) is 8.65. The number of hydrogen-bond acceptors (Lipinski definition) is 4. The highest BCUT2D eigenvalue weighted by Crippen LogP contribution is 2.42. The van der Waals surface area contributed by atoms with Crippen molar-refractivity contribution >= 4 is 11.6 Å². The van der Waals surface area contributed by atoms with Crippen LogP contribution in [0.5, 0.6) is 0 Å². The first-order chi connectivity index (χ1) is 12.9. The Morgan fingerprint density at radius 1 is 1.07 bits per heavy atom. The van der Waals surface area contributed by atoms with Crippen molar-refractivity contribution in [3.8, 4) is 0 Å². The molecule has 1 aromatic heterocycles. The molecule has 1 amide bonds. The minimum atomic E-state index is -5.08. The van der Waals surface area contributed by atoms with Crippen molar-refractivity contribution in [1.82, 2.24) is 9.99 Å². The van der Waals surface area contributed by atoms with Gasteiger partial charge in [-0.3, -0.25) is 9.78 Å². The Balaban J connectivity index is 2.00. The maximum atomic E-state index is 13.7. The first kappa shape index (κ1) is 20.0. The molecule has 1 aromatic carbocycles. The second kappa shape index (κ2) is 6.70. The summed E-state index contributed by atoms with van der Waals surface area (Å²) in [6, 6.07) is 9.20. The van der Waals surface area contributed by atoms with Crippen LogP contribution in [0, 0.1) is 0 Å². The van der Waals surface area contributed by atoms with Gasteiger partial charge in [-0.05, 0) is 35.2 Å². The lowest BCUT2D eigenvalue weighted by molar-refractivity contribution is -0.297. The van der Waals surface area contributed by atoms with Gasteiger partial charge in [-0.25, -0.2) is 0 Å². The largest absolute Gasteiger partial charge is 0.438 e. The van der Waals surface area contributed by atoms with E-state index < -0.39 is 24.2 Å². The number of hydrogen-bond donors (Lipinski definition) is 1. The zero-order chi connectivity index (χ0) is 20.7. The summed E-state index contributed by atoms with van der Waals surface area (Å²) >= 11 is 0. The molecule has 28 heavy (non-hydrogen) atoms. The molecule has 8 heteroatoms. The molecule has 3 rings (SSSR count). The van der Waals surface area contributed by atoms with E-state index in [-0.39, 0.29) is 21.7 Å². The molecule has 1 aliphatic rings. The third kappa shape index (κ3) is 3.52. The molecule has 0 spiro atoms. The second-order valence-electron chi connectivity index (χ2n) is 7.72. The van der Waals surface area contributed by atoms with Crippen molar-refractivity contribution in [3.63, 3.8) is 0 Å². The number of alkyl halides is 3. The Morgan fingerprint density at radius 2 is 1.64 bits per heavy atom. The molecule has 0 fully saturated rings. The number of rotatable bonds is 2. The van der Waals surface area contributed by atoms with Crippen molar-refractivity contribution in [2.24, 2.45) is 5.10 Å². The van der Waals surface area contributed by atoms with Crippen LogP contribution in [0.3, 0.4) is 0 Å². The molecule has 5 nitrogen and oxygen atoms in total. The first-order valence-corrected chi connectivity index (χ1v) is 8.65. The lowest BCUT2D eigenvalue weighted by Gasteiger charge is -2.32. The number of halogens is 3. The predicted octanol–water partition coefficient (Wildman–Crippen LogP) is 3.88. The summed E-state index contributed by atoms with van der Waals surface area (Å²) in [7, 11) is 0. The number of hydrazone groups is 1. The van der Waals surface area contributed by atoms with Crippen LogP contribution in [0.15, 0.2) is 53.9 Å². The monoisotopic (exact) mass is 391 g/mol. The summed E-state index contributed by atoms with van der Waals surface area (Å²) in [4.78, 5) is 16.6. The van der Waals surface area contributed by atoms with E-state index in [0.717, 1.165) is 5.56 Å². The van der Waals surface area contributed by atoms with Crippen LogP contribution in [0.2, 0.25) is 0 Å². The van der Waals surface area contributed by atoms with Crippen molar-refractivity contribution < 1.29 is 23.1 Å². The normalized spacial score (nSPS) is 20.2. The molecule has 1 N–H and O–H groups in total. The summed E-state index contributed by atoms with van der Waals surface area (Å²) in [6.07, 6.45) is -3.13. The molecule has 1 aliphatic heterocycles. The fraction of sp³-hybridized carbons (Fsp3) is 0.350. The number of benzene rings is 1. The molecule has 2 aromatic rings. The fourth-order valence-corrected chi connectivity index (χ4v) is 2.92. The summed E-state index contributed by atoms with van der Waals surface area (Å²) in [5.74, 6) is -1.02. The standard InChI is InChI=1S/C20H20F3N3O2/c1-18(2,3)15-6-4-14(5-7-15)17(27)26-19(28,20(21,22)23)12-16(25-26)13-8-10-24-11-9-13/h4-11,28H,12H2,1-3H3/t19-/m1/s1. The Labute approximate surface area is 160 Å². The zero-order valence-corrected chi connectivity index (χ0v) is 15.7. The van der Waals surface area contributed by atoms with Crippen LogP contribution in [-0.2, 0) is 5.41 Å². The highest BCUT2D eigenvalue weighted by atomic mass is 19.4. The van der Waals surface area contributed by atoms with E-state index in [2.05, 4.69) is 10.1 Å². The molecule has 0 aliphatic carbocycles. The maximum Gasteiger partial charge on any atom is 0.438 e. The lowest BCUT2D eigenvalue weighted by Crippen LogP contribution is -2.56. The molecular weight excluding hydrogens is 371 g/mol. The quantitative estimate of drug-likeness (QED) is 0.845. The number of aromatic nitrogens is 1. The molecule has 0 saturated heterocycles. The highest BCUT2D eigenvalue weighted by Gasteiger charge is 2.63. The molecule has 148 valence electrons. The molecule has 0 radical (unpaired) electrons. The van der Waals surface area contributed by atoms with E-state index >= 15 is 0 Å². The van der Waals surface area contributed by atoms with E-state index in [1.807, 2.05) is 20.8 Å².